The van der Waals surface area contributed by atoms with Crippen LogP contribution in [0.5, 0.6) is 0 Å². The van der Waals surface area contributed by atoms with Crippen LogP contribution in [-0.2, 0) is 0 Å². The first-order chi connectivity index (χ1) is 9.63. The highest BCUT2D eigenvalue weighted by Crippen LogP contribution is 2.25. The van der Waals surface area contributed by atoms with Gasteiger partial charge in [-0.3, -0.25) is 4.79 Å². The van der Waals surface area contributed by atoms with E-state index < -0.39 is 11.5 Å². The predicted molar refractivity (Wildman–Crippen MR) is 81.3 cm³/mol. The largest absolute Gasteiger partial charge is 0.279 e. The standard InChI is InChI=1S/C13H18FN3OS2/c1-3-4-5-6-7-8-19-13-16-17-10(14)9(2)11(18)15-12(17)20-13/h3-8H2,1-2H3. The van der Waals surface area contributed by atoms with Crippen molar-refractivity contribution >= 4 is 28.1 Å². The molecular formula is C13H18FN3OS2. The number of nitrogens with zero attached hydrogens (tertiary/aromatic N) is 3. The average molecular weight is 315 g/mol. The third-order valence-corrected chi connectivity index (χ3v) is 5.16. The van der Waals surface area contributed by atoms with Crippen LogP contribution in [0.1, 0.15) is 44.6 Å². The smallest absolute Gasteiger partial charge is 0.267 e. The number of fused-ring (bicyclic) bond motifs is 1. The summed E-state index contributed by atoms with van der Waals surface area (Å²) in [6.45, 7) is 3.62. The van der Waals surface area contributed by atoms with Gasteiger partial charge in [-0.25, -0.2) is 0 Å². The zero-order valence-electron chi connectivity index (χ0n) is 11.7. The highest BCUT2D eigenvalue weighted by atomic mass is 32.2. The van der Waals surface area contributed by atoms with Gasteiger partial charge >= 0.3 is 0 Å². The van der Waals surface area contributed by atoms with E-state index in [1.54, 1.807) is 11.8 Å². The van der Waals surface area contributed by atoms with Gasteiger partial charge in [0.05, 0.1) is 5.56 Å². The summed E-state index contributed by atoms with van der Waals surface area (Å²) in [5.74, 6) is 0.362. The fourth-order valence-corrected chi connectivity index (χ4v) is 3.79. The number of hydrogen-bond donors (Lipinski definition) is 0. The summed E-state index contributed by atoms with van der Waals surface area (Å²) in [7, 11) is 0. The van der Waals surface area contributed by atoms with Crippen molar-refractivity contribution in [2.45, 2.75) is 50.3 Å². The van der Waals surface area contributed by atoms with Gasteiger partial charge in [-0.2, -0.15) is 13.9 Å². The van der Waals surface area contributed by atoms with E-state index >= 15 is 0 Å². The normalized spacial score (nSPS) is 11.3. The van der Waals surface area contributed by atoms with Crippen LogP contribution in [0.25, 0.3) is 4.96 Å². The first-order valence-corrected chi connectivity index (χ1v) is 8.62. The molecular weight excluding hydrogens is 297 g/mol. The Morgan fingerprint density at radius 3 is 2.80 bits per heavy atom. The Balaban J connectivity index is 1.98. The molecule has 20 heavy (non-hydrogen) atoms. The summed E-state index contributed by atoms with van der Waals surface area (Å²) in [5, 5.41) is 4.17. The van der Waals surface area contributed by atoms with E-state index in [4.69, 9.17) is 0 Å². The predicted octanol–water partition coefficient (Wildman–Crippen LogP) is 3.66. The molecule has 2 heterocycles. The van der Waals surface area contributed by atoms with E-state index in [1.807, 2.05) is 0 Å². The summed E-state index contributed by atoms with van der Waals surface area (Å²) in [6.07, 6.45) is 6.13. The van der Waals surface area contributed by atoms with Gasteiger partial charge in [0.15, 0.2) is 4.34 Å². The molecule has 0 aliphatic carbocycles. The molecule has 2 aromatic heterocycles. The Morgan fingerprint density at radius 2 is 2.05 bits per heavy atom. The number of hydrogen-bond acceptors (Lipinski definition) is 5. The van der Waals surface area contributed by atoms with E-state index in [0.717, 1.165) is 21.0 Å². The highest BCUT2D eigenvalue weighted by molar-refractivity contribution is 8.01. The van der Waals surface area contributed by atoms with E-state index in [9.17, 15) is 9.18 Å². The molecule has 0 radical (unpaired) electrons. The summed E-state index contributed by atoms with van der Waals surface area (Å²) in [5.41, 5.74) is -0.494. The fraction of sp³-hybridized carbons (Fsp3) is 0.615. The lowest BCUT2D eigenvalue weighted by Gasteiger charge is -1.98. The molecule has 2 rings (SSSR count). The zero-order chi connectivity index (χ0) is 14.5. The van der Waals surface area contributed by atoms with Gasteiger partial charge in [0, 0.05) is 5.75 Å². The van der Waals surface area contributed by atoms with Gasteiger partial charge in [0.2, 0.25) is 10.9 Å². The topological polar surface area (TPSA) is 47.3 Å². The van der Waals surface area contributed by atoms with Crippen LogP contribution in [-0.4, -0.2) is 20.4 Å². The van der Waals surface area contributed by atoms with Crippen LogP contribution in [0.15, 0.2) is 9.13 Å². The van der Waals surface area contributed by atoms with E-state index in [2.05, 4.69) is 17.0 Å². The third kappa shape index (κ3) is 3.58. The Morgan fingerprint density at radius 1 is 1.30 bits per heavy atom. The lowest BCUT2D eigenvalue weighted by Crippen LogP contribution is -2.15. The van der Waals surface area contributed by atoms with Crippen LogP contribution < -0.4 is 5.56 Å². The second-order valence-corrected chi connectivity index (χ2v) is 6.96. The molecule has 0 saturated heterocycles. The van der Waals surface area contributed by atoms with Crippen molar-refractivity contribution in [2.24, 2.45) is 0 Å². The van der Waals surface area contributed by atoms with Crippen molar-refractivity contribution in [3.8, 4) is 0 Å². The lowest BCUT2D eigenvalue weighted by molar-refractivity contribution is 0.525. The molecule has 0 unspecified atom stereocenters. The number of halogens is 1. The van der Waals surface area contributed by atoms with Gasteiger partial charge in [-0.1, -0.05) is 55.7 Å². The van der Waals surface area contributed by atoms with Gasteiger partial charge in [0.25, 0.3) is 5.56 Å². The number of aromatic nitrogens is 3. The molecule has 0 aromatic carbocycles. The summed E-state index contributed by atoms with van der Waals surface area (Å²) >= 11 is 2.87. The lowest BCUT2D eigenvalue weighted by atomic mass is 10.2. The molecule has 4 nitrogen and oxygen atoms in total. The van der Waals surface area contributed by atoms with Crippen molar-refractivity contribution in [1.82, 2.24) is 14.6 Å². The van der Waals surface area contributed by atoms with Crippen LogP contribution in [0.2, 0.25) is 0 Å². The Hall–Kier alpha value is -0.950. The van der Waals surface area contributed by atoms with Crippen LogP contribution >= 0.6 is 23.1 Å². The minimum atomic E-state index is -0.606. The van der Waals surface area contributed by atoms with Crippen molar-refractivity contribution in [3.05, 3.63) is 21.9 Å². The maximum atomic E-state index is 13.9. The molecule has 0 N–H and O–H groups in total. The Labute approximate surface area is 125 Å². The number of unbranched alkanes of at least 4 members (excludes halogenated alkanes) is 4. The quantitative estimate of drug-likeness (QED) is 0.444. The van der Waals surface area contributed by atoms with Crippen molar-refractivity contribution in [1.29, 1.82) is 0 Å². The fourth-order valence-electron chi connectivity index (χ4n) is 1.81. The van der Waals surface area contributed by atoms with E-state index in [1.165, 1.54) is 43.9 Å². The molecule has 0 aliphatic heterocycles. The highest BCUT2D eigenvalue weighted by Gasteiger charge is 2.13. The molecule has 0 atom stereocenters. The molecule has 0 amide bonds. The minimum absolute atomic E-state index is 0.0175. The molecule has 7 heteroatoms. The van der Waals surface area contributed by atoms with Crippen LogP contribution in [0.3, 0.4) is 0 Å². The maximum Gasteiger partial charge on any atom is 0.279 e. The zero-order valence-corrected chi connectivity index (χ0v) is 13.3. The second kappa shape index (κ2) is 7.17. The van der Waals surface area contributed by atoms with E-state index in [-0.39, 0.29) is 5.56 Å². The Bertz CT molecular complexity index is 638. The summed E-state index contributed by atoms with van der Waals surface area (Å²) in [6, 6.07) is 0. The van der Waals surface area contributed by atoms with Crippen molar-refractivity contribution in [2.75, 3.05) is 5.75 Å². The molecule has 2 aromatic rings. The molecule has 0 fully saturated rings. The second-order valence-electron chi connectivity index (χ2n) is 4.66. The van der Waals surface area contributed by atoms with Gasteiger partial charge in [0.1, 0.15) is 0 Å². The molecule has 110 valence electrons. The summed E-state index contributed by atoms with van der Waals surface area (Å²) in [4.78, 5) is 15.6. The van der Waals surface area contributed by atoms with Gasteiger partial charge < -0.3 is 0 Å². The molecule has 0 saturated carbocycles. The van der Waals surface area contributed by atoms with Gasteiger partial charge in [-0.15, -0.1) is 5.10 Å². The molecule has 0 spiro atoms. The number of thioether (sulfide) groups is 1. The van der Waals surface area contributed by atoms with Crippen LogP contribution in [0, 0.1) is 12.9 Å². The molecule has 0 aliphatic rings. The van der Waals surface area contributed by atoms with Gasteiger partial charge in [-0.05, 0) is 13.3 Å². The van der Waals surface area contributed by atoms with E-state index in [0.29, 0.717) is 4.96 Å². The average Bonchev–Trinajstić information content (AvgIpc) is 2.83. The SMILES string of the molecule is CCCCCCCSc1nn2c(F)c(C)c(=O)nc2s1. The summed E-state index contributed by atoms with van der Waals surface area (Å²) < 4.78 is 15.7. The first kappa shape index (κ1) is 15.4. The first-order valence-electron chi connectivity index (χ1n) is 6.82. The third-order valence-electron chi connectivity index (χ3n) is 3.03. The molecule has 0 bridgehead atoms. The van der Waals surface area contributed by atoms with Crippen molar-refractivity contribution in [3.63, 3.8) is 0 Å². The van der Waals surface area contributed by atoms with Crippen LogP contribution in [0.4, 0.5) is 4.39 Å². The minimum Gasteiger partial charge on any atom is -0.267 e. The monoisotopic (exact) mass is 315 g/mol. The number of rotatable bonds is 7. The Kier molecular flexibility index (Phi) is 5.54. The maximum absolute atomic E-state index is 13.9. The van der Waals surface area contributed by atoms with Crippen molar-refractivity contribution < 1.29 is 4.39 Å².